The second-order valence-corrected chi connectivity index (χ2v) is 5.59. The summed E-state index contributed by atoms with van der Waals surface area (Å²) in [5.41, 5.74) is 0.731. The average Bonchev–Trinajstić information content (AvgIpc) is 3.03. The Bertz CT molecular complexity index is 639. The highest BCUT2D eigenvalue weighted by Crippen LogP contribution is 2.36. The number of hydrogen-bond acceptors (Lipinski definition) is 2. The number of imidazole rings is 1. The Morgan fingerprint density at radius 2 is 2.10 bits per heavy atom. The van der Waals surface area contributed by atoms with E-state index in [0.717, 1.165) is 25.8 Å². The molecule has 1 atom stereocenters. The Kier molecular flexibility index (Phi) is 3.43. The second kappa shape index (κ2) is 5.02. The summed E-state index contributed by atoms with van der Waals surface area (Å²) >= 11 is 0. The topological polar surface area (TPSA) is 29.9 Å². The lowest BCUT2D eigenvalue weighted by atomic mass is 9.93. The molecular formula is C15H18F3N3. The molecule has 1 fully saturated rings. The third-order valence-electron chi connectivity index (χ3n) is 4.27. The van der Waals surface area contributed by atoms with E-state index in [-0.39, 0.29) is 0 Å². The van der Waals surface area contributed by atoms with Gasteiger partial charge in [-0.2, -0.15) is 13.2 Å². The first-order valence-corrected chi connectivity index (χ1v) is 7.23. The Morgan fingerprint density at radius 3 is 2.71 bits per heavy atom. The van der Waals surface area contributed by atoms with Gasteiger partial charge in [0.05, 0.1) is 16.6 Å². The molecule has 1 N–H and O–H groups in total. The minimum absolute atomic E-state index is 0.440. The minimum atomic E-state index is -4.26. The van der Waals surface area contributed by atoms with Crippen LogP contribution in [0.3, 0.4) is 0 Å². The number of alkyl halides is 3. The predicted molar refractivity (Wildman–Crippen MR) is 75.0 cm³/mol. The van der Waals surface area contributed by atoms with Crippen LogP contribution in [-0.2, 0) is 12.1 Å². The van der Waals surface area contributed by atoms with Gasteiger partial charge in [0.2, 0.25) is 0 Å². The summed E-state index contributed by atoms with van der Waals surface area (Å²) in [4.78, 5) is 4.52. The molecule has 21 heavy (non-hydrogen) atoms. The van der Waals surface area contributed by atoms with E-state index in [1.54, 1.807) is 24.3 Å². The van der Waals surface area contributed by atoms with Crippen molar-refractivity contribution in [2.24, 2.45) is 0 Å². The van der Waals surface area contributed by atoms with Crippen LogP contribution >= 0.6 is 0 Å². The zero-order chi connectivity index (χ0) is 15.1. The van der Waals surface area contributed by atoms with Crippen LogP contribution in [0.2, 0.25) is 0 Å². The molecule has 2 heterocycles. The number of hydrogen-bond donors (Lipinski definition) is 1. The van der Waals surface area contributed by atoms with Gasteiger partial charge in [-0.15, -0.1) is 0 Å². The van der Waals surface area contributed by atoms with Crippen LogP contribution in [0.15, 0.2) is 24.3 Å². The largest absolute Gasteiger partial charge is 0.406 e. The van der Waals surface area contributed by atoms with E-state index in [0.29, 0.717) is 16.9 Å². The van der Waals surface area contributed by atoms with Crippen molar-refractivity contribution in [3.05, 3.63) is 30.1 Å². The fourth-order valence-electron chi connectivity index (χ4n) is 3.24. The number of benzene rings is 1. The molecule has 114 valence electrons. The number of nitrogens with zero attached hydrogens (tertiary/aromatic N) is 2. The number of halogens is 3. The highest BCUT2D eigenvalue weighted by molar-refractivity contribution is 5.76. The molecule has 1 saturated heterocycles. The number of aromatic nitrogens is 2. The number of nitrogens with one attached hydrogen (secondary N) is 1. The third kappa shape index (κ3) is 2.52. The Labute approximate surface area is 121 Å². The van der Waals surface area contributed by atoms with E-state index in [1.807, 2.05) is 6.92 Å². The Morgan fingerprint density at radius 1 is 1.33 bits per heavy atom. The van der Waals surface area contributed by atoms with Crippen molar-refractivity contribution < 1.29 is 13.2 Å². The van der Waals surface area contributed by atoms with Crippen molar-refractivity contribution in [1.82, 2.24) is 14.9 Å². The molecule has 1 aliphatic heterocycles. The molecule has 0 saturated carbocycles. The zero-order valence-corrected chi connectivity index (χ0v) is 11.9. The van der Waals surface area contributed by atoms with Gasteiger partial charge in [-0.05, 0) is 37.9 Å². The van der Waals surface area contributed by atoms with E-state index >= 15 is 0 Å². The van der Waals surface area contributed by atoms with Gasteiger partial charge >= 0.3 is 6.18 Å². The SMILES string of the molecule is CCC1(c2nc3ccccc3n2CC(F)(F)F)CCCN1. The fraction of sp³-hybridized carbons (Fsp3) is 0.533. The van der Waals surface area contributed by atoms with Crippen LogP contribution in [0.5, 0.6) is 0 Å². The van der Waals surface area contributed by atoms with Gasteiger partial charge in [0.1, 0.15) is 12.4 Å². The highest BCUT2D eigenvalue weighted by atomic mass is 19.4. The molecule has 1 aliphatic rings. The molecule has 0 bridgehead atoms. The molecule has 2 aromatic rings. The van der Waals surface area contributed by atoms with Gasteiger partial charge in [-0.1, -0.05) is 19.1 Å². The first-order chi connectivity index (χ1) is 9.95. The summed E-state index contributed by atoms with van der Waals surface area (Å²) in [5.74, 6) is 0.515. The zero-order valence-electron chi connectivity index (χ0n) is 11.9. The molecule has 0 aliphatic carbocycles. The fourth-order valence-corrected chi connectivity index (χ4v) is 3.24. The van der Waals surface area contributed by atoms with Crippen LogP contribution in [0.1, 0.15) is 32.0 Å². The molecule has 6 heteroatoms. The molecule has 3 rings (SSSR count). The van der Waals surface area contributed by atoms with Crippen molar-refractivity contribution in [1.29, 1.82) is 0 Å². The number of fused-ring (bicyclic) bond motifs is 1. The van der Waals surface area contributed by atoms with E-state index in [4.69, 9.17) is 0 Å². The van der Waals surface area contributed by atoms with E-state index < -0.39 is 18.3 Å². The lowest BCUT2D eigenvalue weighted by Gasteiger charge is -2.28. The molecule has 0 amide bonds. The molecule has 1 unspecified atom stereocenters. The molecule has 0 spiro atoms. The van der Waals surface area contributed by atoms with Crippen molar-refractivity contribution in [3.8, 4) is 0 Å². The van der Waals surface area contributed by atoms with Crippen molar-refractivity contribution in [3.63, 3.8) is 0 Å². The van der Waals surface area contributed by atoms with Crippen LogP contribution in [-0.4, -0.2) is 22.3 Å². The van der Waals surface area contributed by atoms with E-state index in [9.17, 15) is 13.2 Å². The second-order valence-electron chi connectivity index (χ2n) is 5.59. The maximum absolute atomic E-state index is 13.0. The minimum Gasteiger partial charge on any atom is -0.317 e. The third-order valence-corrected chi connectivity index (χ3v) is 4.27. The summed E-state index contributed by atoms with van der Waals surface area (Å²) in [5, 5.41) is 3.37. The maximum Gasteiger partial charge on any atom is 0.406 e. The Hall–Kier alpha value is -1.56. The molecule has 1 aromatic heterocycles. The summed E-state index contributed by atoms with van der Waals surface area (Å²) in [6.07, 6.45) is -1.74. The summed E-state index contributed by atoms with van der Waals surface area (Å²) in [7, 11) is 0. The van der Waals surface area contributed by atoms with Crippen molar-refractivity contribution in [2.45, 2.75) is 44.4 Å². The normalized spacial score (nSPS) is 23.0. The lowest BCUT2D eigenvalue weighted by molar-refractivity contribution is -0.140. The lowest BCUT2D eigenvalue weighted by Crippen LogP contribution is -2.39. The smallest absolute Gasteiger partial charge is 0.317 e. The summed E-state index contributed by atoms with van der Waals surface area (Å²) < 4.78 is 40.3. The highest BCUT2D eigenvalue weighted by Gasteiger charge is 2.40. The van der Waals surface area contributed by atoms with Gasteiger partial charge < -0.3 is 9.88 Å². The summed E-state index contributed by atoms with van der Waals surface area (Å²) in [6, 6.07) is 7.03. The predicted octanol–water partition coefficient (Wildman–Crippen LogP) is 3.59. The average molecular weight is 297 g/mol. The first kappa shape index (κ1) is 14.4. The van der Waals surface area contributed by atoms with E-state index in [2.05, 4.69) is 10.3 Å². The van der Waals surface area contributed by atoms with Gasteiger partial charge in [-0.25, -0.2) is 4.98 Å². The van der Waals surface area contributed by atoms with Gasteiger partial charge in [-0.3, -0.25) is 0 Å². The first-order valence-electron chi connectivity index (χ1n) is 7.23. The van der Waals surface area contributed by atoms with Crippen LogP contribution in [0.25, 0.3) is 11.0 Å². The summed E-state index contributed by atoms with van der Waals surface area (Å²) in [6.45, 7) is 1.82. The van der Waals surface area contributed by atoms with Gasteiger partial charge in [0, 0.05) is 0 Å². The Balaban J connectivity index is 2.19. The van der Waals surface area contributed by atoms with Crippen molar-refractivity contribution in [2.75, 3.05) is 6.54 Å². The van der Waals surface area contributed by atoms with Crippen LogP contribution < -0.4 is 5.32 Å². The molecule has 1 aromatic carbocycles. The quantitative estimate of drug-likeness (QED) is 0.938. The molecular weight excluding hydrogens is 279 g/mol. The van der Waals surface area contributed by atoms with Gasteiger partial charge in [0.15, 0.2) is 0 Å². The number of para-hydroxylation sites is 2. The van der Waals surface area contributed by atoms with Gasteiger partial charge in [0.25, 0.3) is 0 Å². The standard InChI is InChI=1S/C15H18F3N3/c1-2-14(8-5-9-19-14)13-20-11-6-3-4-7-12(11)21(13)10-15(16,17)18/h3-4,6-7,19H,2,5,8-10H2,1H3. The maximum atomic E-state index is 13.0. The molecule has 3 nitrogen and oxygen atoms in total. The van der Waals surface area contributed by atoms with Crippen LogP contribution in [0, 0.1) is 0 Å². The monoisotopic (exact) mass is 297 g/mol. The number of rotatable bonds is 3. The molecule has 0 radical (unpaired) electrons. The van der Waals surface area contributed by atoms with E-state index in [1.165, 1.54) is 4.57 Å². The van der Waals surface area contributed by atoms with Crippen LogP contribution in [0.4, 0.5) is 13.2 Å². The van der Waals surface area contributed by atoms with Crippen molar-refractivity contribution >= 4 is 11.0 Å².